The van der Waals surface area contributed by atoms with Crippen LogP contribution in [-0.2, 0) is 14.4 Å². The van der Waals surface area contributed by atoms with Crippen molar-refractivity contribution < 1.29 is 24.6 Å². The molecule has 0 aliphatic carbocycles. The molecule has 0 spiro atoms. The van der Waals surface area contributed by atoms with Gasteiger partial charge in [0.15, 0.2) is 0 Å². The standard InChI is InChI=1S/C30H35N5O5/c1-18(36)29(39)34-15-13-23(17-34)28(38)32-24-11-9-21(10-12-24)20-5-7-22(8-6-20)25-16-31-27(33-25)26-4-3-14-35(26)30(40)19(2)37/h5-12,16,18-19,23,26,36-37H,3-4,13-15,17H2,1-2H3,(H,31,33)(H,32,38)/t18-,19-,23-,26-/m0/s1. The van der Waals surface area contributed by atoms with Crippen LogP contribution in [-0.4, -0.2) is 79.5 Å². The highest BCUT2D eigenvalue weighted by Crippen LogP contribution is 2.32. The van der Waals surface area contributed by atoms with E-state index in [1.165, 1.54) is 18.7 Å². The summed E-state index contributed by atoms with van der Waals surface area (Å²) in [4.78, 5) is 48.2. The minimum atomic E-state index is -1.06. The van der Waals surface area contributed by atoms with Crippen LogP contribution in [0.2, 0.25) is 0 Å². The van der Waals surface area contributed by atoms with Gasteiger partial charge in [-0.25, -0.2) is 4.98 Å². The summed E-state index contributed by atoms with van der Waals surface area (Å²) in [6.45, 7) is 4.33. The molecule has 40 heavy (non-hydrogen) atoms. The van der Waals surface area contributed by atoms with Crippen LogP contribution in [0.1, 0.15) is 45.0 Å². The van der Waals surface area contributed by atoms with Gasteiger partial charge in [-0.05, 0) is 61.9 Å². The third kappa shape index (κ3) is 5.78. The average molecular weight is 546 g/mol. The van der Waals surface area contributed by atoms with Crippen LogP contribution in [0.25, 0.3) is 22.4 Å². The summed E-state index contributed by atoms with van der Waals surface area (Å²) in [5.74, 6) is -0.322. The van der Waals surface area contributed by atoms with Gasteiger partial charge in [-0.2, -0.15) is 0 Å². The Morgan fingerprint density at radius 2 is 1.52 bits per heavy atom. The summed E-state index contributed by atoms with van der Waals surface area (Å²) in [6.07, 6.45) is 1.94. The van der Waals surface area contributed by atoms with E-state index < -0.39 is 12.2 Å². The molecule has 2 aliphatic rings. The lowest BCUT2D eigenvalue weighted by atomic mass is 10.0. The minimum absolute atomic E-state index is 0.132. The highest BCUT2D eigenvalue weighted by molar-refractivity contribution is 5.94. The Kier molecular flexibility index (Phi) is 7.99. The number of carbonyl (C=O) groups is 3. The SMILES string of the molecule is C[C@H](O)C(=O)N1CC[C@H](C(=O)Nc2ccc(-c3ccc(-c4cnc([C@@H]5CCCN5C(=O)[C@H](C)O)[nH]4)cc3)cc2)C1. The van der Waals surface area contributed by atoms with Crippen LogP contribution < -0.4 is 5.32 Å². The number of aliphatic hydroxyl groups is 2. The summed E-state index contributed by atoms with van der Waals surface area (Å²) in [7, 11) is 0. The van der Waals surface area contributed by atoms with Crippen molar-refractivity contribution in [3.63, 3.8) is 0 Å². The molecule has 0 saturated carbocycles. The van der Waals surface area contributed by atoms with E-state index >= 15 is 0 Å². The van der Waals surface area contributed by atoms with Crippen molar-refractivity contribution in [3.8, 4) is 22.4 Å². The Hall–Kier alpha value is -4.02. The van der Waals surface area contributed by atoms with Gasteiger partial charge in [0.25, 0.3) is 11.8 Å². The number of H-pyrrole nitrogens is 1. The van der Waals surface area contributed by atoms with Gasteiger partial charge in [-0.15, -0.1) is 0 Å². The molecule has 3 heterocycles. The van der Waals surface area contributed by atoms with Gasteiger partial charge in [0.05, 0.1) is 23.9 Å². The monoisotopic (exact) mass is 545 g/mol. The average Bonchev–Trinajstić information content (AvgIpc) is 3.73. The molecule has 4 atom stereocenters. The molecule has 10 nitrogen and oxygen atoms in total. The van der Waals surface area contributed by atoms with Gasteiger partial charge in [-0.1, -0.05) is 36.4 Å². The third-order valence-electron chi connectivity index (χ3n) is 7.71. The van der Waals surface area contributed by atoms with Crippen molar-refractivity contribution in [1.82, 2.24) is 19.8 Å². The lowest BCUT2D eigenvalue weighted by Gasteiger charge is -2.24. The largest absolute Gasteiger partial charge is 0.384 e. The fourth-order valence-corrected chi connectivity index (χ4v) is 5.48. The smallest absolute Gasteiger partial charge is 0.251 e. The third-order valence-corrected chi connectivity index (χ3v) is 7.71. The number of aliphatic hydroxyl groups excluding tert-OH is 2. The van der Waals surface area contributed by atoms with E-state index in [4.69, 9.17) is 0 Å². The predicted octanol–water partition coefficient (Wildman–Crippen LogP) is 2.96. The number of benzene rings is 2. The number of likely N-dealkylation sites (tertiary alicyclic amines) is 2. The number of hydrogen-bond acceptors (Lipinski definition) is 6. The molecule has 210 valence electrons. The fourth-order valence-electron chi connectivity index (χ4n) is 5.48. The van der Waals surface area contributed by atoms with Gasteiger partial charge in [0, 0.05) is 25.3 Å². The van der Waals surface area contributed by atoms with Gasteiger partial charge >= 0.3 is 0 Å². The van der Waals surface area contributed by atoms with E-state index in [9.17, 15) is 24.6 Å². The number of anilines is 1. The Morgan fingerprint density at radius 1 is 0.900 bits per heavy atom. The topological polar surface area (TPSA) is 139 Å². The van der Waals surface area contributed by atoms with Gasteiger partial charge < -0.3 is 30.3 Å². The first-order valence-corrected chi connectivity index (χ1v) is 13.7. The molecular weight excluding hydrogens is 510 g/mol. The summed E-state index contributed by atoms with van der Waals surface area (Å²) < 4.78 is 0. The number of aromatic nitrogens is 2. The molecule has 1 aromatic heterocycles. The molecule has 10 heteroatoms. The highest BCUT2D eigenvalue weighted by atomic mass is 16.3. The molecule has 4 N–H and O–H groups in total. The molecule has 2 saturated heterocycles. The number of hydrogen-bond donors (Lipinski definition) is 4. The van der Waals surface area contributed by atoms with Gasteiger partial charge in [-0.3, -0.25) is 14.4 Å². The van der Waals surface area contributed by atoms with E-state index in [1.807, 2.05) is 48.5 Å². The normalized spacial score (nSPS) is 20.4. The first-order valence-electron chi connectivity index (χ1n) is 13.7. The second-order valence-corrected chi connectivity index (χ2v) is 10.6. The molecule has 5 rings (SSSR count). The number of carbonyl (C=O) groups excluding carboxylic acids is 3. The first-order chi connectivity index (χ1) is 19.2. The number of nitrogens with zero attached hydrogens (tertiary/aromatic N) is 3. The van der Waals surface area contributed by atoms with Gasteiger partial charge in [0.2, 0.25) is 5.91 Å². The Balaban J connectivity index is 1.20. The molecule has 3 amide bonds. The van der Waals surface area contributed by atoms with Crippen LogP contribution in [0.5, 0.6) is 0 Å². The van der Waals surface area contributed by atoms with E-state index in [1.54, 1.807) is 11.1 Å². The molecular formula is C30H35N5O5. The summed E-state index contributed by atoms with van der Waals surface area (Å²) >= 11 is 0. The number of amides is 3. The van der Waals surface area contributed by atoms with Gasteiger partial charge in [0.1, 0.15) is 18.0 Å². The number of aromatic amines is 1. The van der Waals surface area contributed by atoms with Crippen molar-refractivity contribution >= 4 is 23.4 Å². The molecule has 2 aromatic carbocycles. The van der Waals surface area contributed by atoms with Crippen molar-refractivity contribution in [2.45, 2.75) is 51.4 Å². The highest BCUT2D eigenvalue weighted by Gasteiger charge is 2.34. The second kappa shape index (κ2) is 11.6. The molecule has 3 aromatic rings. The van der Waals surface area contributed by atoms with Crippen molar-refractivity contribution in [1.29, 1.82) is 0 Å². The Bertz CT molecular complexity index is 1370. The number of rotatable bonds is 7. The fraction of sp³-hybridized carbons (Fsp3) is 0.400. The van der Waals surface area contributed by atoms with Crippen LogP contribution >= 0.6 is 0 Å². The quantitative estimate of drug-likeness (QED) is 0.360. The minimum Gasteiger partial charge on any atom is -0.384 e. The summed E-state index contributed by atoms with van der Waals surface area (Å²) in [6, 6.07) is 15.5. The zero-order valence-corrected chi connectivity index (χ0v) is 22.7. The maximum absolute atomic E-state index is 12.7. The van der Waals surface area contributed by atoms with Crippen LogP contribution in [0.4, 0.5) is 5.69 Å². The lowest BCUT2D eigenvalue weighted by molar-refractivity contribution is -0.140. The van der Waals surface area contributed by atoms with Crippen molar-refractivity contribution in [2.75, 3.05) is 25.0 Å². The van der Waals surface area contributed by atoms with Crippen molar-refractivity contribution in [2.24, 2.45) is 5.92 Å². The maximum atomic E-state index is 12.7. The van der Waals surface area contributed by atoms with Crippen LogP contribution in [0, 0.1) is 5.92 Å². The van der Waals surface area contributed by atoms with Crippen LogP contribution in [0.3, 0.4) is 0 Å². The molecule has 0 radical (unpaired) electrons. The second-order valence-electron chi connectivity index (χ2n) is 10.6. The number of nitrogens with one attached hydrogen (secondary N) is 2. The van der Waals surface area contributed by atoms with Crippen molar-refractivity contribution in [3.05, 3.63) is 60.6 Å². The molecule has 0 bridgehead atoms. The first kappa shape index (κ1) is 27.5. The molecule has 2 aliphatic heterocycles. The zero-order valence-electron chi connectivity index (χ0n) is 22.7. The van der Waals surface area contributed by atoms with E-state index in [-0.39, 0.29) is 29.7 Å². The molecule has 0 unspecified atom stereocenters. The van der Waals surface area contributed by atoms with Crippen LogP contribution in [0.15, 0.2) is 54.7 Å². The number of imidazole rings is 1. The Labute approximate surface area is 233 Å². The van der Waals surface area contributed by atoms with E-state index in [0.29, 0.717) is 31.7 Å². The van der Waals surface area contributed by atoms with E-state index in [2.05, 4.69) is 15.3 Å². The lowest BCUT2D eigenvalue weighted by Crippen LogP contribution is -2.37. The summed E-state index contributed by atoms with van der Waals surface area (Å²) in [5, 5.41) is 22.2. The predicted molar refractivity (Wildman–Crippen MR) is 150 cm³/mol. The molecule has 2 fully saturated rings. The Morgan fingerprint density at radius 3 is 2.17 bits per heavy atom. The maximum Gasteiger partial charge on any atom is 0.251 e. The summed E-state index contributed by atoms with van der Waals surface area (Å²) in [5.41, 5.74) is 4.54. The zero-order chi connectivity index (χ0) is 28.4. The van der Waals surface area contributed by atoms with E-state index in [0.717, 1.165) is 41.1 Å².